The zero-order valence-electron chi connectivity index (χ0n) is 11.6. The monoisotopic (exact) mass is 285 g/mol. The van der Waals surface area contributed by atoms with Crippen molar-refractivity contribution in [3.05, 3.63) is 34.9 Å². The maximum Gasteiger partial charge on any atom is 0.338 e. The summed E-state index contributed by atoms with van der Waals surface area (Å²) in [6.45, 7) is 5.47. The standard InChI is InChI=1S/C13H19NO4S/c1-9-6-5-7-12(11(9)3)13(15)18-10(2)8-14-19(4,16)17/h5-7,10,14H,8H2,1-4H3/t10-/m1/s1. The molecule has 5 nitrogen and oxygen atoms in total. The molecule has 1 atom stereocenters. The second-order valence-electron chi connectivity index (χ2n) is 4.58. The molecular formula is C13H19NO4S. The van der Waals surface area contributed by atoms with Crippen LogP contribution in [0.5, 0.6) is 0 Å². The van der Waals surface area contributed by atoms with Gasteiger partial charge in [0.15, 0.2) is 0 Å². The topological polar surface area (TPSA) is 72.5 Å². The fourth-order valence-electron chi connectivity index (χ4n) is 1.53. The first kappa shape index (κ1) is 15.7. The smallest absolute Gasteiger partial charge is 0.338 e. The van der Waals surface area contributed by atoms with Crippen molar-refractivity contribution in [3.8, 4) is 0 Å². The van der Waals surface area contributed by atoms with Crippen molar-refractivity contribution in [2.75, 3.05) is 12.8 Å². The third-order valence-electron chi connectivity index (χ3n) is 2.77. The third-order valence-corrected chi connectivity index (χ3v) is 3.46. The van der Waals surface area contributed by atoms with Crippen molar-refractivity contribution in [1.29, 1.82) is 0 Å². The van der Waals surface area contributed by atoms with Gasteiger partial charge in [0.05, 0.1) is 11.8 Å². The molecule has 19 heavy (non-hydrogen) atoms. The number of ether oxygens (including phenoxy) is 1. The minimum atomic E-state index is -3.28. The Bertz CT molecular complexity index is 566. The van der Waals surface area contributed by atoms with Crippen LogP contribution >= 0.6 is 0 Å². The lowest BCUT2D eigenvalue weighted by atomic mass is 10.0. The number of esters is 1. The molecule has 0 aliphatic rings. The summed E-state index contributed by atoms with van der Waals surface area (Å²) in [7, 11) is -3.28. The molecule has 1 aromatic carbocycles. The van der Waals surface area contributed by atoms with Crippen molar-refractivity contribution in [2.24, 2.45) is 0 Å². The van der Waals surface area contributed by atoms with E-state index in [1.54, 1.807) is 19.1 Å². The van der Waals surface area contributed by atoms with Crippen molar-refractivity contribution >= 4 is 16.0 Å². The van der Waals surface area contributed by atoms with Gasteiger partial charge >= 0.3 is 5.97 Å². The minimum Gasteiger partial charge on any atom is -0.458 e. The largest absolute Gasteiger partial charge is 0.458 e. The maximum atomic E-state index is 12.0. The fraction of sp³-hybridized carbons (Fsp3) is 0.462. The van der Waals surface area contributed by atoms with E-state index in [1.165, 1.54) is 0 Å². The van der Waals surface area contributed by atoms with Crippen molar-refractivity contribution in [2.45, 2.75) is 26.9 Å². The van der Waals surface area contributed by atoms with Crippen LogP contribution in [0.1, 0.15) is 28.4 Å². The molecule has 1 aromatic rings. The van der Waals surface area contributed by atoms with E-state index >= 15 is 0 Å². The maximum absolute atomic E-state index is 12.0. The number of benzene rings is 1. The summed E-state index contributed by atoms with van der Waals surface area (Å²) in [4.78, 5) is 12.0. The molecule has 0 heterocycles. The van der Waals surface area contributed by atoms with Crippen molar-refractivity contribution in [1.82, 2.24) is 4.72 Å². The summed E-state index contributed by atoms with van der Waals surface area (Å²) < 4.78 is 29.4. The van der Waals surface area contributed by atoms with Crippen LogP contribution in [-0.2, 0) is 14.8 Å². The molecule has 0 aliphatic heterocycles. The van der Waals surface area contributed by atoms with Gasteiger partial charge in [0.1, 0.15) is 6.10 Å². The van der Waals surface area contributed by atoms with Gasteiger partial charge in [-0.15, -0.1) is 0 Å². The van der Waals surface area contributed by atoms with Crippen LogP contribution < -0.4 is 4.72 Å². The van der Waals surface area contributed by atoms with E-state index in [-0.39, 0.29) is 6.54 Å². The molecule has 0 radical (unpaired) electrons. The number of nitrogens with one attached hydrogen (secondary N) is 1. The second-order valence-corrected chi connectivity index (χ2v) is 6.42. The van der Waals surface area contributed by atoms with Gasteiger partial charge in [0.25, 0.3) is 0 Å². The van der Waals surface area contributed by atoms with Gasteiger partial charge in [-0.25, -0.2) is 17.9 Å². The minimum absolute atomic E-state index is 0.0649. The van der Waals surface area contributed by atoms with Crippen molar-refractivity contribution < 1.29 is 17.9 Å². The summed E-state index contributed by atoms with van der Waals surface area (Å²) >= 11 is 0. The Labute approximate surface area is 114 Å². The first-order valence-electron chi connectivity index (χ1n) is 5.92. The molecule has 0 fully saturated rings. The highest BCUT2D eigenvalue weighted by Crippen LogP contribution is 2.14. The second kappa shape index (κ2) is 6.16. The van der Waals surface area contributed by atoms with Gasteiger partial charge in [0.2, 0.25) is 10.0 Å². The Morgan fingerprint density at radius 2 is 2.00 bits per heavy atom. The van der Waals surface area contributed by atoms with Crippen LogP contribution in [0, 0.1) is 13.8 Å². The van der Waals surface area contributed by atoms with Gasteiger partial charge in [-0.05, 0) is 38.0 Å². The molecule has 0 bridgehead atoms. The van der Waals surface area contributed by atoms with E-state index in [2.05, 4.69) is 4.72 Å². The van der Waals surface area contributed by atoms with E-state index in [1.807, 2.05) is 19.9 Å². The molecule has 0 aromatic heterocycles. The van der Waals surface area contributed by atoms with E-state index in [9.17, 15) is 13.2 Å². The number of hydrogen-bond donors (Lipinski definition) is 1. The Hall–Kier alpha value is -1.40. The van der Waals surface area contributed by atoms with Crippen LogP contribution in [-0.4, -0.2) is 33.3 Å². The highest BCUT2D eigenvalue weighted by Gasteiger charge is 2.15. The molecule has 0 saturated carbocycles. The SMILES string of the molecule is Cc1cccc(C(=O)O[C@H](C)CNS(C)(=O)=O)c1C. The van der Waals surface area contributed by atoms with Crippen LogP contribution in [0.25, 0.3) is 0 Å². The number of hydrogen-bond acceptors (Lipinski definition) is 4. The van der Waals surface area contributed by atoms with E-state index in [0.717, 1.165) is 17.4 Å². The lowest BCUT2D eigenvalue weighted by Gasteiger charge is -2.15. The highest BCUT2D eigenvalue weighted by atomic mass is 32.2. The Morgan fingerprint density at radius 1 is 1.37 bits per heavy atom. The number of carbonyl (C=O) groups is 1. The molecule has 0 amide bonds. The first-order chi connectivity index (χ1) is 8.70. The van der Waals surface area contributed by atoms with Crippen LogP contribution in [0.3, 0.4) is 0 Å². The predicted octanol–water partition coefficient (Wildman–Crippen LogP) is 1.40. The van der Waals surface area contributed by atoms with Crippen molar-refractivity contribution in [3.63, 3.8) is 0 Å². The van der Waals surface area contributed by atoms with E-state index in [0.29, 0.717) is 5.56 Å². The quantitative estimate of drug-likeness (QED) is 0.830. The molecule has 6 heteroatoms. The molecule has 106 valence electrons. The summed E-state index contributed by atoms with van der Waals surface area (Å²) in [5.41, 5.74) is 2.39. The highest BCUT2D eigenvalue weighted by molar-refractivity contribution is 7.88. The molecule has 0 spiro atoms. The van der Waals surface area contributed by atoms with Gasteiger partial charge < -0.3 is 4.74 Å². The van der Waals surface area contributed by atoms with E-state index < -0.39 is 22.1 Å². The average Bonchev–Trinajstić information content (AvgIpc) is 2.29. The number of aryl methyl sites for hydroxylation is 1. The predicted molar refractivity (Wildman–Crippen MR) is 73.6 cm³/mol. The molecular weight excluding hydrogens is 266 g/mol. The summed E-state index contributed by atoms with van der Waals surface area (Å²) in [5.74, 6) is -0.441. The first-order valence-corrected chi connectivity index (χ1v) is 7.81. The van der Waals surface area contributed by atoms with Gasteiger partial charge in [-0.3, -0.25) is 0 Å². The Balaban J connectivity index is 2.67. The summed E-state index contributed by atoms with van der Waals surface area (Å²) in [5, 5.41) is 0. The van der Waals surface area contributed by atoms with Gasteiger partial charge in [-0.1, -0.05) is 12.1 Å². The average molecular weight is 285 g/mol. The van der Waals surface area contributed by atoms with Crippen LogP contribution in [0.15, 0.2) is 18.2 Å². The van der Waals surface area contributed by atoms with Crippen LogP contribution in [0.2, 0.25) is 0 Å². The molecule has 0 aliphatic carbocycles. The molecule has 0 unspecified atom stereocenters. The molecule has 0 saturated heterocycles. The van der Waals surface area contributed by atoms with Gasteiger partial charge in [-0.2, -0.15) is 0 Å². The van der Waals surface area contributed by atoms with E-state index in [4.69, 9.17) is 4.74 Å². The van der Waals surface area contributed by atoms with Crippen LogP contribution in [0.4, 0.5) is 0 Å². The zero-order valence-corrected chi connectivity index (χ0v) is 12.4. The zero-order chi connectivity index (χ0) is 14.6. The molecule has 1 rings (SSSR count). The summed E-state index contributed by atoms with van der Waals surface area (Å²) in [6, 6.07) is 5.40. The lowest BCUT2D eigenvalue weighted by Crippen LogP contribution is -2.32. The number of sulfonamides is 1. The normalized spacial score (nSPS) is 13.1. The third kappa shape index (κ3) is 5.00. The Morgan fingerprint density at radius 3 is 2.58 bits per heavy atom. The number of rotatable bonds is 5. The molecule has 1 N–H and O–H groups in total. The Kier molecular flexibility index (Phi) is 5.08. The fourth-order valence-corrected chi connectivity index (χ4v) is 2.07. The summed E-state index contributed by atoms with van der Waals surface area (Å²) in [6.07, 6.45) is 0.536. The van der Waals surface area contributed by atoms with Gasteiger partial charge in [0, 0.05) is 6.54 Å². The lowest BCUT2D eigenvalue weighted by molar-refractivity contribution is 0.0351. The number of carbonyl (C=O) groups excluding carboxylic acids is 1.